The summed E-state index contributed by atoms with van der Waals surface area (Å²) in [6, 6.07) is 14.0. The predicted octanol–water partition coefficient (Wildman–Crippen LogP) is 2.85. The fourth-order valence-electron chi connectivity index (χ4n) is 1.82. The smallest absolute Gasteiger partial charge is 0.245 e. The van der Waals surface area contributed by atoms with Gasteiger partial charge in [-0.3, -0.25) is 0 Å². The Labute approximate surface area is 127 Å². The SMILES string of the molecule is CN(Cc1ccc(Br)cc1)S(=O)(=O)c1ccccc1N. The number of halogens is 1. The lowest BCUT2D eigenvalue weighted by atomic mass is 10.2. The van der Waals surface area contributed by atoms with Crippen LogP contribution in [0.1, 0.15) is 5.56 Å². The Morgan fingerprint density at radius 1 is 1.10 bits per heavy atom. The van der Waals surface area contributed by atoms with Gasteiger partial charge in [-0.15, -0.1) is 0 Å². The Bertz CT molecular complexity index is 699. The fourth-order valence-corrected chi connectivity index (χ4v) is 3.35. The van der Waals surface area contributed by atoms with E-state index in [0.29, 0.717) is 6.54 Å². The molecule has 2 rings (SSSR count). The average Bonchev–Trinajstić information content (AvgIpc) is 2.41. The van der Waals surface area contributed by atoms with Gasteiger partial charge < -0.3 is 5.73 Å². The Morgan fingerprint density at radius 3 is 2.30 bits per heavy atom. The van der Waals surface area contributed by atoms with Crippen LogP contribution in [0.3, 0.4) is 0 Å². The number of rotatable bonds is 4. The van der Waals surface area contributed by atoms with E-state index in [1.807, 2.05) is 24.3 Å². The second-order valence-corrected chi connectivity index (χ2v) is 7.35. The molecule has 106 valence electrons. The van der Waals surface area contributed by atoms with Gasteiger partial charge in [-0.2, -0.15) is 4.31 Å². The van der Waals surface area contributed by atoms with Crippen molar-refractivity contribution in [3.63, 3.8) is 0 Å². The van der Waals surface area contributed by atoms with Crippen molar-refractivity contribution in [3.05, 3.63) is 58.6 Å². The number of nitrogens with two attached hydrogens (primary N) is 1. The molecule has 2 aromatic rings. The highest BCUT2D eigenvalue weighted by atomic mass is 79.9. The first-order valence-corrected chi connectivity index (χ1v) is 8.20. The van der Waals surface area contributed by atoms with Crippen molar-refractivity contribution in [1.29, 1.82) is 0 Å². The van der Waals surface area contributed by atoms with Crippen molar-refractivity contribution >= 4 is 31.6 Å². The Hall–Kier alpha value is -1.37. The molecule has 0 aliphatic rings. The molecule has 0 aliphatic heterocycles. The highest BCUT2D eigenvalue weighted by Crippen LogP contribution is 2.22. The van der Waals surface area contributed by atoms with Crippen LogP contribution in [0.5, 0.6) is 0 Å². The van der Waals surface area contributed by atoms with Gasteiger partial charge >= 0.3 is 0 Å². The van der Waals surface area contributed by atoms with Gasteiger partial charge in [0.2, 0.25) is 10.0 Å². The average molecular weight is 355 g/mol. The van der Waals surface area contributed by atoms with Crippen molar-refractivity contribution < 1.29 is 8.42 Å². The normalized spacial score (nSPS) is 11.8. The molecule has 0 radical (unpaired) electrons. The Kier molecular flexibility index (Phi) is 4.47. The Balaban J connectivity index is 2.26. The molecule has 0 bridgehead atoms. The minimum Gasteiger partial charge on any atom is -0.398 e. The van der Waals surface area contributed by atoms with Crippen LogP contribution < -0.4 is 5.73 Å². The molecule has 0 fully saturated rings. The molecule has 0 heterocycles. The molecular weight excluding hydrogens is 340 g/mol. The maximum absolute atomic E-state index is 12.5. The number of hydrogen-bond acceptors (Lipinski definition) is 3. The maximum Gasteiger partial charge on any atom is 0.245 e. The summed E-state index contributed by atoms with van der Waals surface area (Å²) in [4.78, 5) is 0.139. The lowest BCUT2D eigenvalue weighted by Crippen LogP contribution is -2.27. The summed E-state index contributed by atoms with van der Waals surface area (Å²) in [6.07, 6.45) is 0. The summed E-state index contributed by atoms with van der Waals surface area (Å²) < 4.78 is 27.2. The standard InChI is InChI=1S/C14H15BrN2O2S/c1-17(10-11-6-8-12(15)9-7-11)20(18,19)14-5-3-2-4-13(14)16/h2-9H,10,16H2,1H3. The first-order chi connectivity index (χ1) is 9.41. The molecule has 4 nitrogen and oxygen atoms in total. The van der Waals surface area contributed by atoms with Crippen LogP contribution >= 0.6 is 15.9 Å². The van der Waals surface area contributed by atoms with Crippen LogP contribution in [-0.4, -0.2) is 19.8 Å². The topological polar surface area (TPSA) is 63.4 Å². The van der Waals surface area contributed by atoms with E-state index in [0.717, 1.165) is 10.0 Å². The summed E-state index contributed by atoms with van der Waals surface area (Å²) in [5, 5.41) is 0. The van der Waals surface area contributed by atoms with Gasteiger partial charge in [-0.1, -0.05) is 40.2 Å². The van der Waals surface area contributed by atoms with Crippen LogP contribution in [0.15, 0.2) is 57.9 Å². The van der Waals surface area contributed by atoms with Gasteiger partial charge in [-0.25, -0.2) is 8.42 Å². The van der Waals surface area contributed by atoms with E-state index in [-0.39, 0.29) is 10.6 Å². The van der Waals surface area contributed by atoms with Crippen molar-refractivity contribution in [1.82, 2.24) is 4.31 Å². The monoisotopic (exact) mass is 354 g/mol. The highest BCUT2D eigenvalue weighted by molar-refractivity contribution is 9.10. The maximum atomic E-state index is 12.5. The van der Waals surface area contributed by atoms with Crippen LogP contribution in [0.2, 0.25) is 0 Å². The third-order valence-corrected chi connectivity index (χ3v) is 5.33. The zero-order valence-electron chi connectivity index (χ0n) is 11.0. The van der Waals surface area contributed by atoms with E-state index in [1.54, 1.807) is 25.2 Å². The Morgan fingerprint density at radius 2 is 1.70 bits per heavy atom. The van der Waals surface area contributed by atoms with Gasteiger partial charge in [0.05, 0.1) is 5.69 Å². The van der Waals surface area contributed by atoms with Crippen LogP contribution in [0, 0.1) is 0 Å². The third kappa shape index (κ3) is 3.20. The number of para-hydroxylation sites is 1. The lowest BCUT2D eigenvalue weighted by Gasteiger charge is -2.18. The zero-order valence-corrected chi connectivity index (χ0v) is 13.4. The molecule has 0 atom stereocenters. The minimum atomic E-state index is -3.58. The minimum absolute atomic E-state index is 0.139. The number of hydrogen-bond donors (Lipinski definition) is 1. The summed E-state index contributed by atoms with van der Waals surface area (Å²) in [5.41, 5.74) is 6.92. The summed E-state index contributed by atoms with van der Waals surface area (Å²) in [5.74, 6) is 0. The number of sulfonamides is 1. The first-order valence-electron chi connectivity index (χ1n) is 5.96. The second-order valence-electron chi connectivity index (χ2n) is 4.43. The van der Waals surface area contributed by atoms with Gasteiger partial charge in [0, 0.05) is 18.1 Å². The molecule has 0 amide bonds. The molecule has 0 aromatic heterocycles. The van der Waals surface area contributed by atoms with E-state index in [9.17, 15) is 8.42 Å². The molecule has 0 unspecified atom stereocenters. The largest absolute Gasteiger partial charge is 0.398 e. The number of anilines is 1. The van der Waals surface area contributed by atoms with E-state index >= 15 is 0 Å². The summed E-state index contributed by atoms with van der Waals surface area (Å²) >= 11 is 3.35. The first kappa shape index (κ1) is 15.0. The van der Waals surface area contributed by atoms with Crippen LogP contribution in [-0.2, 0) is 16.6 Å². The summed E-state index contributed by atoms with van der Waals surface area (Å²) in [6.45, 7) is 0.296. The van der Waals surface area contributed by atoms with Gasteiger partial charge in [0.1, 0.15) is 4.90 Å². The number of nitrogens with zero attached hydrogens (tertiary/aromatic N) is 1. The van der Waals surface area contributed by atoms with E-state index in [4.69, 9.17) is 5.73 Å². The van der Waals surface area contributed by atoms with Crippen LogP contribution in [0.25, 0.3) is 0 Å². The molecule has 0 saturated heterocycles. The summed E-state index contributed by atoms with van der Waals surface area (Å²) in [7, 11) is -2.04. The molecular formula is C14H15BrN2O2S. The van der Waals surface area contributed by atoms with Gasteiger partial charge in [0.15, 0.2) is 0 Å². The molecule has 0 aliphatic carbocycles. The molecule has 20 heavy (non-hydrogen) atoms. The van der Waals surface area contributed by atoms with Crippen molar-refractivity contribution in [2.45, 2.75) is 11.4 Å². The van der Waals surface area contributed by atoms with E-state index in [2.05, 4.69) is 15.9 Å². The van der Waals surface area contributed by atoms with Gasteiger partial charge in [0.25, 0.3) is 0 Å². The molecule has 6 heteroatoms. The van der Waals surface area contributed by atoms with Crippen molar-refractivity contribution in [2.24, 2.45) is 0 Å². The fraction of sp³-hybridized carbons (Fsp3) is 0.143. The zero-order chi connectivity index (χ0) is 14.8. The van der Waals surface area contributed by atoms with Crippen molar-refractivity contribution in [2.75, 3.05) is 12.8 Å². The van der Waals surface area contributed by atoms with E-state index < -0.39 is 10.0 Å². The molecule has 2 aromatic carbocycles. The number of benzene rings is 2. The lowest BCUT2D eigenvalue weighted by molar-refractivity contribution is 0.467. The molecule has 2 N–H and O–H groups in total. The van der Waals surface area contributed by atoms with Gasteiger partial charge in [-0.05, 0) is 29.8 Å². The highest BCUT2D eigenvalue weighted by Gasteiger charge is 2.22. The second kappa shape index (κ2) is 5.95. The predicted molar refractivity (Wildman–Crippen MR) is 83.6 cm³/mol. The third-order valence-electron chi connectivity index (χ3n) is 2.93. The molecule has 0 spiro atoms. The van der Waals surface area contributed by atoms with Crippen LogP contribution in [0.4, 0.5) is 5.69 Å². The quantitative estimate of drug-likeness (QED) is 0.858. The van der Waals surface area contributed by atoms with E-state index in [1.165, 1.54) is 10.4 Å². The number of nitrogen functional groups attached to an aromatic ring is 1. The molecule has 0 saturated carbocycles. The van der Waals surface area contributed by atoms with Crippen molar-refractivity contribution in [3.8, 4) is 0 Å².